The van der Waals surface area contributed by atoms with Crippen LogP contribution in [0.3, 0.4) is 0 Å². The molecule has 0 aliphatic carbocycles. The first-order chi connectivity index (χ1) is 10.4. The van der Waals surface area contributed by atoms with E-state index in [4.69, 9.17) is 4.74 Å². The van der Waals surface area contributed by atoms with Gasteiger partial charge in [-0.2, -0.15) is 4.31 Å². The zero-order valence-electron chi connectivity index (χ0n) is 13.1. The summed E-state index contributed by atoms with van der Waals surface area (Å²) in [5.74, 6) is -0.449. The van der Waals surface area contributed by atoms with Crippen molar-refractivity contribution in [1.29, 1.82) is 0 Å². The van der Waals surface area contributed by atoms with Crippen LogP contribution in [0.2, 0.25) is 0 Å². The Morgan fingerprint density at radius 3 is 2.55 bits per heavy atom. The predicted molar refractivity (Wildman–Crippen MR) is 83.2 cm³/mol. The number of piperazine rings is 1. The van der Waals surface area contributed by atoms with Crippen molar-refractivity contribution in [2.24, 2.45) is 0 Å². The van der Waals surface area contributed by atoms with Gasteiger partial charge in [-0.05, 0) is 45.0 Å². The number of nitrogens with zero attached hydrogens (tertiary/aromatic N) is 1. The van der Waals surface area contributed by atoms with Crippen LogP contribution in [0.5, 0.6) is 0 Å². The Hall–Kier alpha value is -1.44. The molecule has 122 valence electrons. The van der Waals surface area contributed by atoms with E-state index in [9.17, 15) is 13.2 Å². The number of esters is 1. The number of benzene rings is 1. The number of hydrogen-bond donors (Lipinski definition) is 1. The maximum atomic E-state index is 12.7. The van der Waals surface area contributed by atoms with Crippen molar-refractivity contribution in [2.75, 3.05) is 19.7 Å². The van der Waals surface area contributed by atoms with Crippen LogP contribution in [-0.2, 0) is 14.8 Å². The molecule has 1 aliphatic rings. The molecule has 1 aromatic rings. The molecule has 22 heavy (non-hydrogen) atoms. The first-order valence-electron chi connectivity index (χ1n) is 7.38. The zero-order chi connectivity index (χ0) is 16.3. The molecule has 0 spiro atoms. The smallest absolute Gasteiger partial charge is 0.338 e. The van der Waals surface area contributed by atoms with Crippen molar-refractivity contribution in [3.8, 4) is 0 Å². The fourth-order valence-electron chi connectivity index (χ4n) is 2.44. The quantitative estimate of drug-likeness (QED) is 0.843. The van der Waals surface area contributed by atoms with Crippen LogP contribution in [0.25, 0.3) is 0 Å². The molecule has 2 atom stereocenters. The Labute approximate surface area is 131 Å². The molecule has 7 heteroatoms. The number of carbonyl (C=O) groups is 1. The molecule has 2 unspecified atom stereocenters. The fourth-order valence-corrected chi connectivity index (χ4v) is 4.15. The van der Waals surface area contributed by atoms with Crippen molar-refractivity contribution >= 4 is 16.0 Å². The van der Waals surface area contributed by atoms with Gasteiger partial charge in [0, 0.05) is 25.2 Å². The van der Waals surface area contributed by atoms with Gasteiger partial charge in [-0.25, -0.2) is 13.2 Å². The number of hydrogen-bond acceptors (Lipinski definition) is 5. The highest BCUT2D eigenvalue weighted by atomic mass is 32.2. The van der Waals surface area contributed by atoms with Crippen LogP contribution < -0.4 is 5.32 Å². The second-order valence-corrected chi connectivity index (χ2v) is 7.37. The number of ether oxygens (including phenoxy) is 1. The number of sulfonamides is 1. The Morgan fingerprint density at radius 2 is 1.95 bits per heavy atom. The van der Waals surface area contributed by atoms with E-state index >= 15 is 0 Å². The van der Waals surface area contributed by atoms with Crippen molar-refractivity contribution in [3.05, 3.63) is 29.8 Å². The van der Waals surface area contributed by atoms with E-state index in [0.717, 1.165) is 0 Å². The maximum Gasteiger partial charge on any atom is 0.338 e. The van der Waals surface area contributed by atoms with Gasteiger partial charge >= 0.3 is 5.97 Å². The molecule has 0 amide bonds. The fraction of sp³-hybridized carbons (Fsp3) is 0.533. The second-order valence-electron chi connectivity index (χ2n) is 5.48. The summed E-state index contributed by atoms with van der Waals surface area (Å²) in [6, 6.07) is 5.90. The molecule has 1 aliphatic heterocycles. The van der Waals surface area contributed by atoms with E-state index in [1.807, 2.05) is 13.8 Å². The Bertz CT molecular complexity index is 627. The average molecular weight is 326 g/mol. The van der Waals surface area contributed by atoms with Gasteiger partial charge in [0.15, 0.2) is 0 Å². The first-order valence-corrected chi connectivity index (χ1v) is 8.82. The lowest BCUT2D eigenvalue weighted by Gasteiger charge is -2.36. The van der Waals surface area contributed by atoms with Gasteiger partial charge in [-0.1, -0.05) is 0 Å². The minimum atomic E-state index is -3.56. The van der Waals surface area contributed by atoms with Crippen molar-refractivity contribution < 1.29 is 17.9 Å². The van der Waals surface area contributed by atoms with Gasteiger partial charge in [-0.15, -0.1) is 0 Å². The van der Waals surface area contributed by atoms with E-state index in [2.05, 4.69) is 5.32 Å². The predicted octanol–water partition coefficient (Wildman–Crippen LogP) is 1.23. The first kappa shape index (κ1) is 16.9. The third-order valence-corrected chi connectivity index (χ3v) is 5.67. The molecule has 1 fully saturated rings. The van der Waals surface area contributed by atoms with Crippen molar-refractivity contribution in [1.82, 2.24) is 9.62 Å². The highest BCUT2D eigenvalue weighted by Crippen LogP contribution is 2.21. The van der Waals surface area contributed by atoms with Crippen LogP contribution in [0, 0.1) is 0 Å². The van der Waals surface area contributed by atoms with Crippen LogP contribution >= 0.6 is 0 Å². The standard InChI is InChI=1S/C15H22N2O4S/c1-4-21-15(18)13-5-7-14(8-6-13)22(19,20)17-10-11(2)16-9-12(17)3/h5-8,11-12,16H,4,9-10H2,1-3H3. The monoisotopic (exact) mass is 326 g/mol. The van der Waals surface area contributed by atoms with Gasteiger partial charge in [0.1, 0.15) is 0 Å². The van der Waals surface area contributed by atoms with Gasteiger partial charge < -0.3 is 10.1 Å². The molecule has 0 aromatic heterocycles. The lowest BCUT2D eigenvalue weighted by molar-refractivity contribution is 0.0526. The topological polar surface area (TPSA) is 75.7 Å². The largest absolute Gasteiger partial charge is 0.462 e. The summed E-state index contributed by atoms with van der Waals surface area (Å²) in [5.41, 5.74) is 0.350. The summed E-state index contributed by atoms with van der Waals surface area (Å²) < 4.78 is 31.9. The van der Waals surface area contributed by atoms with E-state index in [-0.39, 0.29) is 23.6 Å². The molecular weight excluding hydrogens is 304 g/mol. The van der Waals surface area contributed by atoms with E-state index in [1.54, 1.807) is 6.92 Å². The lowest BCUT2D eigenvalue weighted by atomic mass is 10.2. The van der Waals surface area contributed by atoms with Crippen LogP contribution in [0.1, 0.15) is 31.1 Å². The van der Waals surface area contributed by atoms with E-state index in [1.165, 1.54) is 28.6 Å². The summed E-state index contributed by atoms with van der Waals surface area (Å²) in [6.07, 6.45) is 0. The summed E-state index contributed by atoms with van der Waals surface area (Å²) in [6.45, 7) is 6.91. The Morgan fingerprint density at radius 1 is 1.32 bits per heavy atom. The van der Waals surface area contributed by atoms with Crippen LogP contribution in [0.15, 0.2) is 29.2 Å². The molecule has 1 saturated heterocycles. The Balaban J connectivity index is 2.24. The third kappa shape index (κ3) is 3.48. The normalized spacial score (nSPS) is 23.2. The van der Waals surface area contributed by atoms with Crippen molar-refractivity contribution in [2.45, 2.75) is 37.8 Å². The molecule has 0 radical (unpaired) electrons. The maximum absolute atomic E-state index is 12.7. The van der Waals surface area contributed by atoms with Gasteiger partial charge in [0.25, 0.3) is 0 Å². The SMILES string of the molecule is CCOC(=O)c1ccc(S(=O)(=O)N2CC(C)NCC2C)cc1. The molecule has 6 nitrogen and oxygen atoms in total. The summed E-state index contributed by atoms with van der Waals surface area (Å²) >= 11 is 0. The van der Waals surface area contributed by atoms with E-state index < -0.39 is 16.0 Å². The molecule has 2 rings (SSSR count). The zero-order valence-corrected chi connectivity index (χ0v) is 13.9. The van der Waals surface area contributed by atoms with Gasteiger partial charge in [0.05, 0.1) is 17.1 Å². The molecule has 1 aromatic carbocycles. The minimum absolute atomic E-state index is 0.106. The number of carbonyl (C=O) groups excluding carboxylic acids is 1. The third-order valence-electron chi connectivity index (χ3n) is 3.68. The van der Waals surface area contributed by atoms with Crippen LogP contribution in [-0.4, -0.2) is 50.5 Å². The number of nitrogens with one attached hydrogen (secondary N) is 1. The summed E-state index contributed by atoms with van der Waals surface area (Å²) in [4.78, 5) is 11.8. The molecule has 0 bridgehead atoms. The van der Waals surface area contributed by atoms with Gasteiger partial charge in [0.2, 0.25) is 10.0 Å². The molecule has 0 saturated carbocycles. The summed E-state index contributed by atoms with van der Waals surface area (Å²) in [5, 5.41) is 3.26. The highest BCUT2D eigenvalue weighted by Gasteiger charge is 2.33. The minimum Gasteiger partial charge on any atom is -0.462 e. The molecule has 1 heterocycles. The van der Waals surface area contributed by atoms with Crippen LogP contribution in [0.4, 0.5) is 0 Å². The Kier molecular flexibility index (Phi) is 5.20. The molecule has 1 N–H and O–H groups in total. The lowest BCUT2D eigenvalue weighted by Crippen LogP contribution is -2.56. The summed E-state index contributed by atoms with van der Waals surface area (Å²) in [7, 11) is -3.56. The van der Waals surface area contributed by atoms with E-state index in [0.29, 0.717) is 18.7 Å². The van der Waals surface area contributed by atoms with Gasteiger partial charge in [-0.3, -0.25) is 0 Å². The van der Waals surface area contributed by atoms with Crippen molar-refractivity contribution in [3.63, 3.8) is 0 Å². The number of rotatable bonds is 4. The molecular formula is C15H22N2O4S. The second kappa shape index (κ2) is 6.76. The highest BCUT2D eigenvalue weighted by molar-refractivity contribution is 7.89. The average Bonchev–Trinajstić information content (AvgIpc) is 2.50.